The van der Waals surface area contributed by atoms with Crippen molar-refractivity contribution in [3.63, 3.8) is 0 Å². The molecule has 0 radical (unpaired) electrons. The highest BCUT2D eigenvalue weighted by Gasteiger charge is 2.25. The number of rotatable bonds is 5. The molecule has 2 rings (SSSR count). The highest BCUT2D eigenvalue weighted by Crippen LogP contribution is 2.32. The quantitative estimate of drug-likeness (QED) is 0.877. The number of halogens is 1. The maximum absolute atomic E-state index is 6.07. The summed E-state index contributed by atoms with van der Waals surface area (Å²) in [7, 11) is 0. The predicted molar refractivity (Wildman–Crippen MR) is 80.8 cm³/mol. The van der Waals surface area contributed by atoms with Crippen LogP contribution in [-0.4, -0.2) is 19.8 Å². The molecule has 1 aliphatic heterocycles. The van der Waals surface area contributed by atoms with Gasteiger partial charge in [0, 0.05) is 24.3 Å². The first-order chi connectivity index (χ1) is 9.22. The summed E-state index contributed by atoms with van der Waals surface area (Å²) in [5.41, 5.74) is 2.68. The monoisotopic (exact) mass is 281 g/mol. The summed E-state index contributed by atoms with van der Waals surface area (Å²) in [6.45, 7) is 7.21. The molecule has 1 saturated heterocycles. The molecule has 0 spiro atoms. The van der Waals surface area contributed by atoms with Gasteiger partial charge in [-0.1, -0.05) is 24.6 Å². The molecule has 3 heteroatoms. The minimum Gasteiger partial charge on any atom is -0.381 e. The maximum atomic E-state index is 6.07. The molecular formula is C16H24ClNO. The first-order valence-corrected chi connectivity index (χ1v) is 7.67. The van der Waals surface area contributed by atoms with Crippen molar-refractivity contribution in [1.29, 1.82) is 0 Å². The number of aryl methyl sites for hydroxylation is 1. The lowest BCUT2D eigenvalue weighted by atomic mass is 9.85. The highest BCUT2D eigenvalue weighted by molar-refractivity contribution is 6.30. The van der Waals surface area contributed by atoms with Gasteiger partial charge in [-0.25, -0.2) is 0 Å². The topological polar surface area (TPSA) is 21.3 Å². The molecule has 1 atom stereocenters. The molecule has 0 aliphatic carbocycles. The average molecular weight is 282 g/mol. The van der Waals surface area contributed by atoms with Gasteiger partial charge in [-0.3, -0.25) is 0 Å². The molecule has 0 aromatic heterocycles. The smallest absolute Gasteiger partial charge is 0.0469 e. The average Bonchev–Trinajstić information content (AvgIpc) is 2.42. The molecule has 1 unspecified atom stereocenters. The minimum atomic E-state index is 0.432. The Morgan fingerprint density at radius 2 is 2.11 bits per heavy atom. The Morgan fingerprint density at radius 3 is 2.74 bits per heavy atom. The third-order valence-corrected chi connectivity index (χ3v) is 4.15. The van der Waals surface area contributed by atoms with Crippen molar-refractivity contribution in [1.82, 2.24) is 5.32 Å². The molecule has 2 nitrogen and oxygen atoms in total. The van der Waals surface area contributed by atoms with Crippen LogP contribution >= 0.6 is 11.6 Å². The number of hydrogen-bond donors (Lipinski definition) is 1. The van der Waals surface area contributed by atoms with Gasteiger partial charge in [-0.15, -0.1) is 0 Å². The van der Waals surface area contributed by atoms with Gasteiger partial charge in [0.1, 0.15) is 0 Å². The first-order valence-electron chi connectivity index (χ1n) is 7.29. The number of benzene rings is 1. The maximum Gasteiger partial charge on any atom is 0.0469 e. The molecule has 0 amide bonds. The van der Waals surface area contributed by atoms with E-state index in [0.717, 1.165) is 44.0 Å². The van der Waals surface area contributed by atoms with E-state index in [4.69, 9.17) is 16.3 Å². The second kappa shape index (κ2) is 7.28. The normalized spacial score (nSPS) is 18.5. The zero-order chi connectivity index (χ0) is 13.7. The summed E-state index contributed by atoms with van der Waals surface area (Å²) < 4.78 is 5.49. The molecule has 0 saturated carbocycles. The standard InChI is InChI=1S/C16H24ClNO/c1-3-8-18-16(13-6-9-19-10-7-13)15-5-4-14(17)11-12(15)2/h4-5,11,13,16,18H,3,6-10H2,1-2H3. The Labute approximate surface area is 121 Å². The summed E-state index contributed by atoms with van der Waals surface area (Å²) in [6, 6.07) is 6.68. The van der Waals surface area contributed by atoms with Crippen LogP contribution in [0.2, 0.25) is 5.02 Å². The van der Waals surface area contributed by atoms with E-state index >= 15 is 0 Å². The fourth-order valence-electron chi connectivity index (χ4n) is 2.87. The second-order valence-corrected chi connectivity index (χ2v) is 5.82. The molecule has 106 valence electrons. The lowest BCUT2D eigenvalue weighted by Gasteiger charge is -2.32. The van der Waals surface area contributed by atoms with Gasteiger partial charge >= 0.3 is 0 Å². The van der Waals surface area contributed by atoms with E-state index in [1.165, 1.54) is 11.1 Å². The Balaban J connectivity index is 2.19. The number of nitrogens with one attached hydrogen (secondary N) is 1. The van der Waals surface area contributed by atoms with Gasteiger partial charge in [-0.2, -0.15) is 0 Å². The number of ether oxygens (including phenoxy) is 1. The van der Waals surface area contributed by atoms with Gasteiger partial charge in [0.05, 0.1) is 0 Å². The largest absolute Gasteiger partial charge is 0.381 e. The fourth-order valence-corrected chi connectivity index (χ4v) is 3.09. The van der Waals surface area contributed by atoms with Crippen molar-refractivity contribution >= 4 is 11.6 Å². The van der Waals surface area contributed by atoms with Crippen LogP contribution in [0.15, 0.2) is 18.2 Å². The van der Waals surface area contributed by atoms with E-state index in [1.54, 1.807) is 0 Å². The summed E-state index contributed by atoms with van der Waals surface area (Å²) in [5.74, 6) is 0.667. The zero-order valence-electron chi connectivity index (χ0n) is 11.9. The van der Waals surface area contributed by atoms with Gasteiger partial charge < -0.3 is 10.1 Å². The van der Waals surface area contributed by atoms with Crippen LogP contribution in [0.25, 0.3) is 0 Å². The molecule has 1 fully saturated rings. The van der Waals surface area contributed by atoms with Gasteiger partial charge in [-0.05, 0) is 61.9 Å². The lowest BCUT2D eigenvalue weighted by molar-refractivity contribution is 0.0535. The zero-order valence-corrected chi connectivity index (χ0v) is 12.7. The van der Waals surface area contributed by atoms with E-state index < -0.39 is 0 Å². The SMILES string of the molecule is CCCNC(c1ccc(Cl)cc1C)C1CCOCC1. The molecular weight excluding hydrogens is 258 g/mol. The minimum absolute atomic E-state index is 0.432. The van der Waals surface area contributed by atoms with E-state index in [1.807, 2.05) is 6.07 Å². The Morgan fingerprint density at radius 1 is 1.37 bits per heavy atom. The third-order valence-electron chi connectivity index (χ3n) is 3.92. The highest BCUT2D eigenvalue weighted by atomic mass is 35.5. The van der Waals surface area contributed by atoms with Gasteiger partial charge in [0.15, 0.2) is 0 Å². The molecule has 1 N–H and O–H groups in total. The van der Waals surface area contributed by atoms with E-state index in [2.05, 4.69) is 31.3 Å². The fraction of sp³-hybridized carbons (Fsp3) is 0.625. The van der Waals surface area contributed by atoms with E-state index in [9.17, 15) is 0 Å². The molecule has 1 aromatic rings. The summed E-state index contributed by atoms with van der Waals surface area (Å²) in [6.07, 6.45) is 3.44. The molecule has 0 bridgehead atoms. The van der Waals surface area contributed by atoms with Crippen molar-refractivity contribution in [3.8, 4) is 0 Å². The van der Waals surface area contributed by atoms with Crippen LogP contribution in [0, 0.1) is 12.8 Å². The lowest BCUT2D eigenvalue weighted by Crippen LogP contribution is -2.33. The van der Waals surface area contributed by atoms with Crippen LogP contribution in [0.1, 0.15) is 43.4 Å². The van der Waals surface area contributed by atoms with Crippen molar-refractivity contribution in [3.05, 3.63) is 34.3 Å². The van der Waals surface area contributed by atoms with E-state index in [-0.39, 0.29) is 0 Å². The first kappa shape index (κ1) is 14.8. The van der Waals surface area contributed by atoms with Crippen molar-refractivity contribution in [2.24, 2.45) is 5.92 Å². The van der Waals surface area contributed by atoms with E-state index in [0.29, 0.717) is 12.0 Å². The summed E-state index contributed by atoms with van der Waals surface area (Å²) >= 11 is 6.07. The predicted octanol–water partition coefficient (Wildman–Crippen LogP) is 4.12. The second-order valence-electron chi connectivity index (χ2n) is 5.38. The van der Waals surface area contributed by atoms with Crippen molar-refractivity contribution in [2.45, 2.75) is 39.2 Å². The Kier molecular flexibility index (Phi) is 5.68. The molecule has 1 aliphatic rings. The van der Waals surface area contributed by atoms with Crippen LogP contribution < -0.4 is 5.32 Å². The Bertz CT molecular complexity index is 402. The molecule has 19 heavy (non-hydrogen) atoms. The van der Waals surface area contributed by atoms with Gasteiger partial charge in [0.25, 0.3) is 0 Å². The Hall–Kier alpha value is -0.570. The molecule has 1 aromatic carbocycles. The summed E-state index contributed by atoms with van der Waals surface area (Å²) in [5, 5.41) is 4.54. The van der Waals surface area contributed by atoms with Gasteiger partial charge in [0.2, 0.25) is 0 Å². The van der Waals surface area contributed by atoms with Crippen LogP contribution in [0.4, 0.5) is 0 Å². The van der Waals surface area contributed by atoms with Crippen LogP contribution in [-0.2, 0) is 4.74 Å². The molecule has 1 heterocycles. The summed E-state index contributed by atoms with van der Waals surface area (Å²) in [4.78, 5) is 0. The van der Waals surface area contributed by atoms with Crippen LogP contribution in [0.3, 0.4) is 0 Å². The third kappa shape index (κ3) is 3.95. The van der Waals surface area contributed by atoms with Crippen molar-refractivity contribution in [2.75, 3.05) is 19.8 Å². The van der Waals surface area contributed by atoms with Crippen LogP contribution in [0.5, 0.6) is 0 Å². The van der Waals surface area contributed by atoms with Crippen molar-refractivity contribution < 1.29 is 4.74 Å². The number of hydrogen-bond acceptors (Lipinski definition) is 2.